The lowest BCUT2D eigenvalue weighted by atomic mass is 9.73. The second-order valence-corrected chi connectivity index (χ2v) is 5.65. The quantitative estimate of drug-likeness (QED) is 0.825. The molecule has 2 aliphatic rings. The van der Waals surface area contributed by atoms with Crippen LogP contribution in [0.2, 0.25) is 0 Å². The van der Waals surface area contributed by atoms with Gasteiger partial charge in [0, 0.05) is 24.5 Å². The van der Waals surface area contributed by atoms with Crippen molar-refractivity contribution in [1.82, 2.24) is 15.3 Å². The molecule has 1 N–H and O–H groups in total. The fourth-order valence-electron chi connectivity index (χ4n) is 3.29. The Bertz CT molecular complexity index is 387. The Kier molecular flexibility index (Phi) is 3.31. The third-order valence-electron chi connectivity index (χ3n) is 4.40. The Balaban J connectivity index is 1.86. The molecule has 1 aliphatic heterocycles. The molecule has 1 saturated heterocycles. The molecule has 1 unspecified atom stereocenters. The zero-order valence-electron chi connectivity index (χ0n) is 10.9. The van der Waals surface area contributed by atoms with Gasteiger partial charge in [0.2, 0.25) is 0 Å². The Hall–Kier alpha value is -1.00. The summed E-state index contributed by atoms with van der Waals surface area (Å²) in [6.45, 7) is 4.07. The first-order valence-corrected chi connectivity index (χ1v) is 6.92. The van der Waals surface area contributed by atoms with E-state index in [0.29, 0.717) is 0 Å². The number of nitrogens with one attached hydrogen (secondary N) is 1. The maximum absolute atomic E-state index is 6.20. The number of hydrogen-bond donors (Lipinski definition) is 1. The van der Waals surface area contributed by atoms with Gasteiger partial charge in [0.25, 0.3) is 0 Å². The van der Waals surface area contributed by atoms with Crippen LogP contribution in [-0.4, -0.2) is 28.7 Å². The molecule has 3 rings (SSSR count). The molecule has 0 radical (unpaired) electrons. The molecule has 1 saturated carbocycles. The van der Waals surface area contributed by atoms with Gasteiger partial charge < -0.3 is 10.1 Å². The minimum absolute atomic E-state index is 0.0323. The molecule has 1 aliphatic carbocycles. The Morgan fingerprint density at radius 1 is 1.28 bits per heavy atom. The molecule has 2 fully saturated rings. The second kappa shape index (κ2) is 4.94. The highest BCUT2D eigenvalue weighted by Crippen LogP contribution is 2.44. The molecule has 4 nitrogen and oxygen atoms in total. The predicted molar refractivity (Wildman–Crippen MR) is 69.1 cm³/mol. The van der Waals surface area contributed by atoms with Crippen LogP contribution in [0.25, 0.3) is 0 Å². The van der Waals surface area contributed by atoms with E-state index in [1.807, 2.05) is 12.4 Å². The van der Waals surface area contributed by atoms with Crippen molar-refractivity contribution in [3.63, 3.8) is 0 Å². The van der Waals surface area contributed by atoms with E-state index in [2.05, 4.69) is 22.2 Å². The number of aromatic nitrogens is 2. The summed E-state index contributed by atoms with van der Waals surface area (Å²) in [6, 6.07) is 0.250. The van der Waals surface area contributed by atoms with Crippen LogP contribution in [0, 0.1) is 5.92 Å². The van der Waals surface area contributed by atoms with Crippen molar-refractivity contribution in [1.29, 1.82) is 0 Å². The fraction of sp³-hybridized carbons (Fsp3) is 0.714. The van der Waals surface area contributed by atoms with Crippen LogP contribution in [0.1, 0.15) is 44.2 Å². The molecular weight excluding hydrogens is 226 g/mol. The Labute approximate surface area is 108 Å². The van der Waals surface area contributed by atoms with Crippen LogP contribution >= 0.6 is 0 Å². The van der Waals surface area contributed by atoms with E-state index in [1.54, 1.807) is 6.33 Å². The molecule has 4 heteroatoms. The highest BCUT2D eigenvalue weighted by molar-refractivity contribution is 5.17. The molecule has 0 aromatic carbocycles. The smallest absolute Gasteiger partial charge is 0.115 e. The minimum atomic E-state index is -0.0323. The summed E-state index contributed by atoms with van der Waals surface area (Å²) in [5, 5.41) is 3.61. The van der Waals surface area contributed by atoms with E-state index < -0.39 is 0 Å². The third-order valence-corrected chi connectivity index (χ3v) is 4.40. The lowest BCUT2D eigenvalue weighted by Crippen LogP contribution is -2.53. The highest BCUT2D eigenvalue weighted by atomic mass is 16.5. The predicted octanol–water partition coefficient (Wildman–Crippen LogP) is 2.09. The first kappa shape index (κ1) is 12.1. The van der Waals surface area contributed by atoms with E-state index >= 15 is 0 Å². The summed E-state index contributed by atoms with van der Waals surface area (Å²) in [7, 11) is 0. The molecule has 1 aromatic rings. The van der Waals surface area contributed by atoms with E-state index in [4.69, 9.17) is 4.74 Å². The van der Waals surface area contributed by atoms with Crippen molar-refractivity contribution in [2.75, 3.05) is 13.2 Å². The number of rotatable bonds is 1. The normalized spacial score (nSPS) is 36.7. The van der Waals surface area contributed by atoms with Gasteiger partial charge in [-0.2, -0.15) is 0 Å². The molecule has 1 spiro atoms. The van der Waals surface area contributed by atoms with Crippen molar-refractivity contribution in [3.8, 4) is 0 Å². The summed E-state index contributed by atoms with van der Waals surface area (Å²) in [6.07, 6.45) is 10.2. The van der Waals surface area contributed by atoms with Gasteiger partial charge in [0.1, 0.15) is 6.33 Å². The lowest BCUT2D eigenvalue weighted by Gasteiger charge is -2.48. The van der Waals surface area contributed by atoms with Crippen molar-refractivity contribution in [3.05, 3.63) is 24.3 Å². The van der Waals surface area contributed by atoms with Crippen molar-refractivity contribution in [2.24, 2.45) is 5.92 Å². The standard InChI is InChI=1S/C14H21N3O/c1-11-2-4-14(5-3-11)13(17-6-7-18-14)12-8-15-10-16-9-12/h8-11,13,17H,2-7H2,1H3. The molecule has 1 atom stereocenters. The van der Waals surface area contributed by atoms with Crippen molar-refractivity contribution < 1.29 is 4.74 Å². The second-order valence-electron chi connectivity index (χ2n) is 5.65. The third kappa shape index (κ3) is 2.15. The van der Waals surface area contributed by atoms with E-state index in [0.717, 1.165) is 37.5 Å². The number of ether oxygens (including phenoxy) is 1. The number of morpholine rings is 1. The van der Waals surface area contributed by atoms with Gasteiger partial charge in [-0.05, 0) is 31.6 Å². The first-order chi connectivity index (χ1) is 8.80. The van der Waals surface area contributed by atoms with Crippen LogP contribution in [0.4, 0.5) is 0 Å². The summed E-state index contributed by atoms with van der Waals surface area (Å²) < 4.78 is 6.20. The zero-order valence-corrected chi connectivity index (χ0v) is 10.9. The van der Waals surface area contributed by atoms with Crippen LogP contribution in [0.3, 0.4) is 0 Å². The molecule has 1 aromatic heterocycles. The SMILES string of the molecule is CC1CCC2(CC1)OCCNC2c1cncnc1. The number of nitrogens with zero attached hydrogens (tertiary/aromatic N) is 2. The minimum Gasteiger partial charge on any atom is -0.372 e. The van der Waals surface area contributed by atoms with Gasteiger partial charge in [0.05, 0.1) is 18.2 Å². The number of hydrogen-bond acceptors (Lipinski definition) is 4. The van der Waals surface area contributed by atoms with Gasteiger partial charge in [-0.15, -0.1) is 0 Å². The molecule has 0 amide bonds. The average Bonchev–Trinajstić information content (AvgIpc) is 2.44. The summed E-state index contributed by atoms with van der Waals surface area (Å²) in [5.41, 5.74) is 1.13. The van der Waals surface area contributed by atoms with E-state index in [9.17, 15) is 0 Å². The Morgan fingerprint density at radius 3 is 2.72 bits per heavy atom. The van der Waals surface area contributed by atoms with E-state index in [-0.39, 0.29) is 11.6 Å². The molecular formula is C14H21N3O. The maximum atomic E-state index is 6.20. The zero-order chi connectivity index (χ0) is 12.4. The molecule has 18 heavy (non-hydrogen) atoms. The lowest BCUT2D eigenvalue weighted by molar-refractivity contribution is -0.124. The summed E-state index contributed by atoms with van der Waals surface area (Å²) >= 11 is 0. The first-order valence-electron chi connectivity index (χ1n) is 6.92. The van der Waals surface area contributed by atoms with Crippen LogP contribution in [0.15, 0.2) is 18.7 Å². The van der Waals surface area contributed by atoms with Gasteiger partial charge in [-0.3, -0.25) is 0 Å². The topological polar surface area (TPSA) is 47.0 Å². The fourth-order valence-corrected chi connectivity index (χ4v) is 3.29. The van der Waals surface area contributed by atoms with Gasteiger partial charge in [0.15, 0.2) is 0 Å². The van der Waals surface area contributed by atoms with Crippen molar-refractivity contribution >= 4 is 0 Å². The summed E-state index contributed by atoms with van der Waals surface area (Å²) in [4.78, 5) is 8.29. The van der Waals surface area contributed by atoms with Crippen LogP contribution in [0.5, 0.6) is 0 Å². The largest absolute Gasteiger partial charge is 0.372 e. The van der Waals surface area contributed by atoms with Gasteiger partial charge >= 0.3 is 0 Å². The highest BCUT2D eigenvalue weighted by Gasteiger charge is 2.44. The van der Waals surface area contributed by atoms with Crippen molar-refractivity contribution in [2.45, 2.75) is 44.2 Å². The monoisotopic (exact) mass is 247 g/mol. The maximum Gasteiger partial charge on any atom is 0.115 e. The summed E-state index contributed by atoms with van der Waals surface area (Å²) in [5.74, 6) is 0.828. The molecule has 0 bridgehead atoms. The average molecular weight is 247 g/mol. The van der Waals surface area contributed by atoms with Crippen LogP contribution < -0.4 is 5.32 Å². The van der Waals surface area contributed by atoms with E-state index in [1.165, 1.54) is 12.8 Å². The molecule has 2 heterocycles. The Morgan fingerprint density at radius 2 is 2.00 bits per heavy atom. The molecule has 98 valence electrons. The van der Waals surface area contributed by atoms with Gasteiger partial charge in [-0.25, -0.2) is 9.97 Å². The van der Waals surface area contributed by atoms with Gasteiger partial charge in [-0.1, -0.05) is 6.92 Å². The van der Waals surface area contributed by atoms with Crippen LogP contribution in [-0.2, 0) is 4.74 Å².